The van der Waals surface area contributed by atoms with E-state index in [1.54, 1.807) is 24.3 Å². The minimum atomic E-state index is -0.289. The second kappa shape index (κ2) is 8.24. The van der Waals surface area contributed by atoms with E-state index in [0.717, 1.165) is 21.3 Å². The van der Waals surface area contributed by atoms with Gasteiger partial charge < -0.3 is 15.7 Å². The number of phenolic OH excluding ortho intramolecular Hbond substituents is 1. The molecule has 0 unspecified atom stereocenters. The van der Waals surface area contributed by atoms with Gasteiger partial charge in [-0.1, -0.05) is 12.1 Å². The molecule has 0 aliphatic heterocycles. The van der Waals surface area contributed by atoms with E-state index in [1.165, 1.54) is 41.9 Å². The van der Waals surface area contributed by atoms with Crippen molar-refractivity contribution in [2.75, 3.05) is 17.2 Å². The van der Waals surface area contributed by atoms with Crippen LogP contribution >= 0.6 is 11.3 Å². The van der Waals surface area contributed by atoms with Gasteiger partial charge in [0, 0.05) is 29.6 Å². The van der Waals surface area contributed by atoms with Gasteiger partial charge in [0.1, 0.15) is 28.5 Å². The molecule has 0 bridgehead atoms. The average molecular weight is 408 g/mol. The van der Waals surface area contributed by atoms with Crippen molar-refractivity contribution in [2.45, 2.75) is 6.42 Å². The van der Waals surface area contributed by atoms with Crippen LogP contribution in [0.3, 0.4) is 0 Å². The highest BCUT2D eigenvalue weighted by molar-refractivity contribution is 7.17. The summed E-state index contributed by atoms with van der Waals surface area (Å²) in [6.45, 7) is 0.384. The number of fused-ring (bicyclic) bond motifs is 1. The molecule has 2 aromatic carbocycles. The molecule has 1 amide bonds. The molecule has 0 aliphatic carbocycles. The normalized spacial score (nSPS) is 10.8. The summed E-state index contributed by atoms with van der Waals surface area (Å²) in [6.07, 6.45) is 1.72. The Morgan fingerprint density at radius 1 is 1.07 bits per heavy atom. The molecule has 146 valence electrons. The Hall–Kier alpha value is -3.52. The Kier molecular flexibility index (Phi) is 5.35. The quantitative estimate of drug-likeness (QED) is 0.405. The summed E-state index contributed by atoms with van der Waals surface area (Å²) in [5, 5.41) is 18.1. The first-order chi connectivity index (χ1) is 14.1. The highest BCUT2D eigenvalue weighted by atomic mass is 32.1. The van der Waals surface area contributed by atoms with Crippen LogP contribution in [-0.4, -0.2) is 27.5 Å². The van der Waals surface area contributed by atoms with Crippen LogP contribution in [0.25, 0.3) is 21.3 Å². The van der Waals surface area contributed by atoms with Crippen molar-refractivity contribution in [1.82, 2.24) is 9.97 Å². The fourth-order valence-corrected chi connectivity index (χ4v) is 3.83. The number of benzene rings is 2. The lowest BCUT2D eigenvalue weighted by atomic mass is 10.1. The number of halogens is 1. The van der Waals surface area contributed by atoms with Crippen molar-refractivity contribution in [1.29, 1.82) is 0 Å². The zero-order valence-electron chi connectivity index (χ0n) is 15.2. The first kappa shape index (κ1) is 18.8. The molecule has 4 rings (SSSR count). The number of hydrogen-bond acceptors (Lipinski definition) is 6. The predicted octanol–water partition coefficient (Wildman–Crippen LogP) is 4.64. The third-order valence-electron chi connectivity index (χ3n) is 4.32. The zero-order chi connectivity index (χ0) is 20.2. The SMILES string of the molecule is O=C(CCNc1ncnc2scc(-c3ccc(F)cc3)c12)Nc1ccc(O)cc1. The fourth-order valence-electron chi connectivity index (χ4n) is 2.91. The van der Waals surface area contributed by atoms with Crippen LogP contribution in [0.2, 0.25) is 0 Å². The van der Waals surface area contributed by atoms with Crippen LogP contribution in [-0.2, 0) is 4.79 Å². The van der Waals surface area contributed by atoms with E-state index in [4.69, 9.17) is 0 Å². The first-order valence-corrected chi connectivity index (χ1v) is 9.79. The molecule has 6 nitrogen and oxygen atoms in total. The maximum absolute atomic E-state index is 13.3. The van der Waals surface area contributed by atoms with Crippen LogP contribution in [0, 0.1) is 5.82 Å². The predicted molar refractivity (Wildman–Crippen MR) is 113 cm³/mol. The second-order valence-corrected chi connectivity index (χ2v) is 7.19. The number of amides is 1. The van der Waals surface area contributed by atoms with Gasteiger partial charge in [0.05, 0.1) is 5.39 Å². The van der Waals surface area contributed by atoms with Crippen LogP contribution in [0.4, 0.5) is 15.9 Å². The number of nitrogens with one attached hydrogen (secondary N) is 2. The molecule has 0 radical (unpaired) electrons. The summed E-state index contributed by atoms with van der Waals surface area (Å²) in [5.41, 5.74) is 2.41. The van der Waals surface area contributed by atoms with Crippen molar-refractivity contribution in [3.05, 3.63) is 66.1 Å². The van der Waals surface area contributed by atoms with E-state index in [9.17, 15) is 14.3 Å². The smallest absolute Gasteiger partial charge is 0.226 e. The third kappa shape index (κ3) is 4.33. The number of phenols is 1. The Morgan fingerprint density at radius 2 is 1.83 bits per heavy atom. The van der Waals surface area contributed by atoms with E-state index in [1.807, 2.05) is 5.38 Å². The standard InChI is InChI=1S/C21H17FN4O2S/c22-14-3-1-13(2-4-14)17-11-29-21-19(17)20(24-12-25-21)23-10-9-18(28)26-15-5-7-16(27)8-6-15/h1-8,11-12,27H,9-10H2,(H,26,28)(H,23,24,25). The van der Waals surface area contributed by atoms with Gasteiger partial charge in [0.2, 0.25) is 5.91 Å². The van der Waals surface area contributed by atoms with Crippen molar-refractivity contribution in [2.24, 2.45) is 0 Å². The number of aromatic hydroxyl groups is 1. The summed E-state index contributed by atoms with van der Waals surface area (Å²) in [4.78, 5) is 21.6. The highest BCUT2D eigenvalue weighted by Gasteiger charge is 2.13. The minimum Gasteiger partial charge on any atom is -0.508 e. The number of nitrogens with zero attached hydrogens (tertiary/aromatic N) is 2. The number of carbonyl (C=O) groups is 1. The molecular formula is C21H17FN4O2S. The molecule has 0 spiro atoms. The molecule has 0 atom stereocenters. The maximum Gasteiger partial charge on any atom is 0.226 e. The van der Waals surface area contributed by atoms with E-state index in [2.05, 4.69) is 20.6 Å². The van der Waals surface area contributed by atoms with Crippen molar-refractivity contribution in [3.63, 3.8) is 0 Å². The molecule has 3 N–H and O–H groups in total. The number of hydrogen-bond donors (Lipinski definition) is 3. The largest absolute Gasteiger partial charge is 0.508 e. The first-order valence-electron chi connectivity index (χ1n) is 8.91. The highest BCUT2D eigenvalue weighted by Crippen LogP contribution is 2.36. The van der Waals surface area contributed by atoms with E-state index >= 15 is 0 Å². The molecular weight excluding hydrogens is 391 g/mol. The molecule has 0 saturated carbocycles. The lowest BCUT2D eigenvalue weighted by molar-refractivity contribution is -0.115. The Morgan fingerprint density at radius 3 is 2.59 bits per heavy atom. The number of carbonyl (C=O) groups excluding carboxylic acids is 1. The van der Waals surface area contributed by atoms with Gasteiger partial charge in [-0.15, -0.1) is 11.3 Å². The lowest BCUT2D eigenvalue weighted by Gasteiger charge is -2.09. The van der Waals surface area contributed by atoms with Crippen molar-refractivity contribution < 1.29 is 14.3 Å². The average Bonchev–Trinajstić information content (AvgIpc) is 3.15. The summed E-state index contributed by atoms with van der Waals surface area (Å²) in [7, 11) is 0. The van der Waals surface area contributed by atoms with Gasteiger partial charge in [-0.3, -0.25) is 4.79 Å². The Balaban J connectivity index is 1.46. The molecule has 4 aromatic rings. The van der Waals surface area contributed by atoms with Crippen molar-refractivity contribution in [3.8, 4) is 16.9 Å². The summed E-state index contributed by atoms with van der Waals surface area (Å²) >= 11 is 1.49. The zero-order valence-corrected chi connectivity index (χ0v) is 16.0. The number of aromatic nitrogens is 2. The van der Waals surface area contributed by atoms with Gasteiger partial charge >= 0.3 is 0 Å². The molecule has 0 saturated heterocycles. The Labute approximate surface area is 170 Å². The number of thiophene rings is 1. The van der Waals surface area contributed by atoms with Crippen LogP contribution in [0.5, 0.6) is 5.75 Å². The number of anilines is 2. The van der Waals surface area contributed by atoms with E-state index < -0.39 is 0 Å². The minimum absolute atomic E-state index is 0.144. The second-order valence-electron chi connectivity index (χ2n) is 6.33. The van der Waals surface area contributed by atoms with Gasteiger partial charge in [-0.05, 0) is 42.0 Å². The molecule has 29 heavy (non-hydrogen) atoms. The van der Waals surface area contributed by atoms with Gasteiger partial charge in [0.15, 0.2) is 0 Å². The lowest BCUT2D eigenvalue weighted by Crippen LogP contribution is -2.16. The maximum atomic E-state index is 13.3. The molecule has 2 heterocycles. The monoisotopic (exact) mass is 408 g/mol. The number of rotatable bonds is 6. The van der Waals surface area contributed by atoms with Crippen LogP contribution < -0.4 is 10.6 Å². The molecule has 8 heteroatoms. The van der Waals surface area contributed by atoms with Gasteiger partial charge in [0.25, 0.3) is 0 Å². The van der Waals surface area contributed by atoms with Crippen molar-refractivity contribution >= 4 is 39.0 Å². The summed E-state index contributed by atoms with van der Waals surface area (Å²) in [5.74, 6) is 0.332. The Bertz CT molecular complexity index is 1140. The molecule has 0 aliphatic rings. The summed E-state index contributed by atoms with van der Waals surface area (Å²) < 4.78 is 13.3. The van der Waals surface area contributed by atoms with Crippen LogP contribution in [0.1, 0.15) is 6.42 Å². The van der Waals surface area contributed by atoms with E-state index in [-0.39, 0.29) is 23.9 Å². The molecule has 2 aromatic heterocycles. The third-order valence-corrected chi connectivity index (χ3v) is 5.21. The van der Waals surface area contributed by atoms with E-state index in [0.29, 0.717) is 18.1 Å². The van der Waals surface area contributed by atoms with Gasteiger partial charge in [-0.2, -0.15) is 0 Å². The topological polar surface area (TPSA) is 87.1 Å². The van der Waals surface area contributed by atoms with Gasteiger partial charge in [-0.25, -0.2) is 14.4 Å². The van der Waals surface area contributed by atoms with Crippen LogP contribution in [0.15, 0.2) is 60.2 Å². The molecule has 0 fully saturated rings. The summed E-state index contributed by atoms with van der Waals surface area (Å²) in [6, 6.07) is 12.6. The fraction of sp³-hybridized carbons (Fsp3) is 0.0952.